The van der Waals surface area contributed by atoms with E-state index in [-0.39, 0.29) is 0 Å². The van der Waals surface area contributed by atoms with E-state index < -0.39 is 0 Å². The highest BCUT2D eigenvalue weighted by molar-refractivity contribution is 5.68. The zero-order valence-electron chi connectivity index (χ0n) is 20.4. The summed E-state index contributed by atoms with van der Waals surface area (Å²) in [5.74, 6) is 1.98. The topological polar surface area (TPSA) is 21.3 Å². The van der Waals surface area contributed by atoms with Crippen molar-refractivity contribution in [3.05, 3.63) is 51.4 Å². The summed E-state index contributed by atoms with van der Waals surface area (Å²) in [7, 11) is 1.95. The number of anilines is 1. The molecule has 2 aromatic rings. The summed E-state index contributed by atoms with van der Waals surface area (Å²) in [4.78, 5) is 0. The summed E-state index contributed by atoms with van der Waals surface area (Å²) in [6.45, 7) is 13.2. The number of fused-ring (bicyclic) bond motifs is 2. The van der Waals surface area contributed by atoms with Crippen molar-refractivity contribution in [1.82, 2.24) is 0 Å². The molecule has 2 nitrogen and oxygen atoms in total. The fraction of sp³-hybridized carbons (Fsp3) is 0.517. The first-order valence-electron chi connectivity index (χ1n) is 12.4. The van der Waals surface area contributed by atoms with Crippen LogP contribution in [-0.4, -0.2) is 7.05 Å². The second-order valence-corrected chi connectivity index (χ2v) is 9.28. The van der Waals surface area contributed by atoms with Crippen LogP contribution in [0.1, 0.15) is 89.3 Å². The quantitative estimate of drug-likeness (QED) is 0.426. The van der Waals surface area contributed by atoms with Crippen molar-refractivity contribution in [2.45, 2.75) is 85.5 Å². The minimum Gasteiger partial charge on any atom is -0.456 e. The third-order valence-corrected chi connectivity index (χ3v) is 7.01. The molecule has 1 heterocycles. The van der Waals surface area contributed by atoms with Gasteiger partial charge in [0, 0.05) is 35.1 Å². The van der Waals surface area contributed by atoms with Crippen LogP contribution in [0.3, 0.4) is 0 Å². The zero-order chi connectivity index (χ0) is 22.4. The molecule has 0 spiro atoms. The molecule has 0 radical (unpaired) electrons. The number of benzene rings is 2. The van der Waals surface area contributed by atoms with Crippen LogP contribution < -0.4 is 20.5 Å². The molecular formula is C29H41NO. The molecule has 4 rings (SSSR count). The van der Waals surface area contributed by atoms with Crippen LogP contribution in [-0.2, 0) is 12.8 Å². The molecule has 1 fully saturated rings. The van der Waals surface area contributed by atoms with Crippen LogP contribution in [0.25, 0.3) is 12.7 Å². The lowest BCUT2D eigenvalue weighted by molar-refractivity contribution is 0.143. The van der Waals surface area contributed by atoms with Crippen molar-refractivity contribution in [1.29, 1.82) is 0 Å². The Labute approximate surface area is 189 Å². The first kappa shape index (κ1) is 23.4. The van der Waals surface area contributed by atoms with Gasteiger partial charge in [-0.1, -0.05) is 47.1 Å². The fourth-order valence-corrected chi connectivity index (χ4v) is 4.83. The minimum absolute atomic E-state index is 0.572. The molecule has 0 aromatic heterocycles. The monoisotopic (exact) mass is 419 g/mol. The molecular weight excluding hydrogens is 378 g/mol. The van der Waals surface area contributed by atoms with E-state index >= 15 is 0 Å². The number of hydrogen-bond acceptors (Lipinski definition) is 2. The van der Waals surface area contributed by atoms with Gasteiger partial charge in [-0.25, -0.2) is 0 Å². The average Bonchev–Trinajstić information content (AvgIpc) is 2.78. The van der Waals surface area contributed by atoms with E-state index in [0.29, 0.717) is 5.41 Å². The van der Waals surface area contributed by atoms with E-state index in [1.54, 1.807) is 0 Å². The number of rotatable bonds is 8. The molecule has 0 atom stereocenters. The smallest absolute Gasteiger partial charge is 0.138 e. The van der Waals surface area contributed by atoms with Crippen molar-refractivity contribution in [2.24, 2.45) is 5.41 Å². The maximum Gasteiger partial charge on any atom is 0.138 e. The molecule has 2 aromatic carbocycles. The molecule has 1 aliphatic heterocycles. The van der Waals surface area contributed by atoms with Crippen LogP contribution in [0.2, 0.25) is 0 Å². The number of hydrogen-bond donors (Lipinski definition) is 1. The van der Waals surface area contributed by atoms with Gasteiger partial charge >= 0.3 is 0 Å². The van der Waals surface area contributed by atoms with E-state index in [2.05, 4.69) is 56.1 Å². The van der Waals surface area contributed by atoms with Crippen LogP contribution in [0, 0.1) is 5.41 Å². The number of ether oxygens (including phenoxy) is 1. The molecule has 0 unspecified atom stereocenters. The summed E-state index contributed by atoms with van der Waals surface area (Å²) in [6.07, 6.45) is 13.6. The largest absolute Gasteiger partial charge is 0.456 e. The molecule has 2 aliphatic rings. The van der Waals surface area contributed by atoms with Crippen molar-refractivity contribution in [3.8, 4) is 11.5 Å². The number of aryl methyl sites for hydroxylation is 1. The Hall–Kier alpha value is -2.22. The second kappa shape index (κ2) is 10.4. The van der Waals surface area contributed by atoms with Gasteiger partial charge in [0.15, 0.2) is 0 Å². The van der Waals surface area contributed by atoms with Crippen molar-refractivity contribution >= 4 is 18.3 Å². The first-order chi connectivity index (χ1) is 15.0. The zero-order valence-corrected chi connectivity index (χ0v) is 20.4. The molecule has 168 valence electrons. The Kier molecular flexibility index (Phi) is 7.86. The molecule has 0 bridgehead atoms. The van der Waals surface area contributed by atoms with Crippen molar-refractivity contribution in [3.63, 3.8) is 0 Å². The normalized spacial score (nSPS) is 15.3. The van der Waals surface area contributed by atoms with E-state index in [4.69, 9.17) is 4.74 Å². The maximum atomic E-state index is 6.50. The summed E-state index contributed by atoms with van der Waals surface area (Å²) in [6, 6.07) is 8.67. The van der Waals surface area contributed by atoms with Gasteiger partial charge in [-0.05, 0) is 85.4 Å². The summed E-state index contributed by atoms with van der Waals surface area (Å²) >= 11 is 0. The van der Waals surface area contributed by atoms with Crippen molar-refractivity contribution in [2.75, 3.05) is 12.4 Å². The predicted molar refractivity (Wildman–Crippen MR) is 136 cm³/mol. The SMILES string of the molecule is C=c1c(CCCC)cc2c(c1CCCC1(C)CCC1)Oc1cc(NC)ccc1C=2.CC. The Morgan fingerprint density at radius 1 is 1.10 bits per heavy atom. The van der Waals surface area contributed by atoms with E-state index in [1.165, 1.54) is 66.5 Å². The molecule has 1 aliphatic carbocycles. The molecule has 31 heavy (non-hydrogen) atoms. The molecule has 1 N–H and O–H groups in total. The molecule has 1 saturated carbocycles. The lowest BCUT2D eigenvalue weighted by Gasteiger charge is -2.38. The minimum atomic E-state index is 0.572. The maximum absolute atomic E-state index is 6.50. The van der Waals surface area contributed by atoms with Gasteiger partial charge in [0.2, 0.25) is 0 Å². The fourth-order valence-electron chi connectivity index (χ4n) is 4.83. The Morgan fingerprint density at radius 2 is 1.87 bits per heavy atom. The highest BCUT2D eigenvalue weighted by Crippen LogP contribution is 2.44. The highest BCUT2D eigenvalue weighted by atomic mass is 16.5. The Balaban J connectivity index is 0.00000132. The van der Waals surface area contributed by atoms with Crippen LogP contribution in [0.5, 0.6) is 11.5 Å². The van der Waals surface area contributed by atoms with Crippen LogP contribution in [0.15, 0.2) is 24.3 Å². The van der Waals surface area contributed by atoms with Crippen LogP contribution in [0.4, 0.5) is 5.69 Å². The Morgan fingerprint density at radius 3 is 2.52 bits per heavy atom. The predicted octanol–water partition coefficient (Wildman–Crippen LogP) is 6.95. The van der Waals surface area contributed by atoms with E-state index in [0.717, 1.165) is 35.6 Å². The summed E-state index contributed by atoms with van der Waals surface area (Å²) in [5, 5.41) is 5.64. The lowest BCUT2D eigenvalue weighted by Crippen LogP contribution is -2.27. The van der Waals surface area contributed by atoms with E-state index in [9.17, 15) is 0 Å². The third kappa shape index (κ3) is 5.17. The third-order valence-electron chi connectivity index (χ3n) is 7.01. The van der Waals surface area contributed by atoms with Gasteiger partial charge in [-0.2, -0.15) is 0 Å². The van der Waals surface area contributed by atoms with Gasteiger partial charge in [0.1, 0.15) is 11.5 Å². The molecule has 0 saturated heterocycles. The van der Waals surface area contributed by atoms with Gasteiger partial charge in [0.05, 0.1) is 0 Å². The lowest BCUT2D eigenvalue weighted by atomic mass is 9.67. The van der Waals surface area contributed by atoms with Crippen LogP contribution >= 0.6 is 0 Å². The summed E-state index contributed by atoms with van der Waals surface area (Å²) < 4.78 is 6.50. The standard InChI is InChI=1S/C27H35NO.C2H6/c1-5-6-9-20-16-22-17-21-11-12-23(28-4)18-25(21)29-26(22)24(19(20)2)10-7-13-27(3)14-8-15-27;1-2/h11-12,16-18,28H,2,5-10,13-15H2,1,3-4H3;1-2H3. The number of unbranched alkanes of at least 4 members (excludes halogenated alkanes) is 1. The van der Waals surface area contributed by atoms with E-state index in [1.807, 2.05) is 20.9 Å². The molecule has 2 heteroatoms. The van der Waals surface area contributed by atoms with Gasteiger partial charge in [0.25, 0.3) is 0 Å². The number of nitrogens with one attached hydrogen (secondary N) is 1. The Bertz CT molecular complexity index is 1000. The first-order valence-corrected chi connectivity index (χ1v) is 12.4. The molecule has 0 amide bonds. The van der Waals surface area contributed by atoms with Gasteiger partial charge in [-0.15, -0.1) is 0 Å². The van der Waals surface area contributed by atoms with Gasteiger partial charge < -0.3 is 10.1 Å². The second-order valence-electron chi connectivity index (χ2n) is 9.28. The van der Waals surface area contributed by atoms with Crippen molar-refractivity contribution < 1.29 is 4.74 Å². The highest BCUT2D eigenvalue weighted by Gasteiger charge is 2.31. The average molecular weight is 420 g/mol. The van der Waals surface area contributed by atoms with Gasteiger partial charge in [-0.3, -0.25) is 0 Å². The summed E-state index contributed by atoms with van der Waals surface area (Å²) in [5.41, 5.74) is 5.53.